The van der Waals surface area contributed by atoms with Crippen molar-refractivity contribution >= 4 is 77.0 Å². The molecule has 2 amide bonds. The van der Waals surface area contributed by atoms with Gasteiger partial charge in [0.25, 0.3) is 31.9 Å². The molecule has 19 nitrogen and oxygen atoms in total. The molecule has 12 rings (SSSR count). The highest BCUT2D eigenvalue weighted by atomic mass is 32.2. The van der Waals surface area contributed by atoms with Gasteiger partial charge < -0.3 is 24.8 Å². The molecule has 0 spiro atoms. The molecule has 0 fully saturated rings. The SMILES string of the molecule is COC(=O)[C@H](Cc1ccc(-c2c(C)cccc2OC)c2ncccc12)NC(=O)c1c(F)cc(NS(=O)(=O)c2ccc(-c3ccnc(F)c3)cc2)cc1F.COC(=O)[C@H](Cc1ccc(-c2ccccc2C(F)(F)F)c2ncccc12)NC(=O)c1c(F)cc(NS(=O)(=O)c2ccc(-c3ccnc(F)c3)cc2)cc1F. The van der Waals surface area contributed by atoms with Crippen molar-refractivity contribution in [2.45, 2.75) is 47.8 Å². The molecule has 0 saturated heterocycles. The molecule has 8 aromatic carbocycles. The van der Waals surface area contributed by atoms with Crippen molar-refractivity contribution < 1.29 is 89.7 Å². The summed E-state index contributed by atoms with van der Waals surface area (Å²) in [5, 5.41) is 5.61. The number of pyridine rings is 4. The molecule has 4 N–H and O–H groups in total. The van der Waals surface area contributed by atoms with Gasteiger partial charge in [-0.25, -0.2) is 54.0 Å². The van der Waals surface area contributed by atoms with Gasteiger partial charge in [-0.05, 0) is 136 Å². The van der Waals surface area contributed by atoms with Crippen LogP contribution in [0.2, 0.25) is 0 Å². The number of ether oxygens (including phenoxy) is 3. The number of sulfonamides is 2. The third kappa shape index (κ3) is 17.0. The quantitative estimate of drug-likeness (QED) is 0.0296. The Bertz CT molecular complexity index is 5640. The Kier molecular flexibility index (Phi) is 22.5. The highest BCUT2D eigenvalue weighted by Gasteiger charge is 2.35. The molecule has 0 aliphatic carbocycles. The summed E-state index contributed by atoms with van der Waals surface area (Å²) in [7, 11) is -5.04. The second-order valence-electron chi connectivity index (χ2n) is 23.7. The molecule has 546 valence electrons. The Hall–Kier alpha value is -12.6. The molecule has 107 heavy (non-hydrogen) atoms. The van der Waals surface area contributed by atoms with Gasteiger partial charge in [0.05, 0.1) is 59.1 Å². The number of hydrogen-bond donors (Lipinski definition) is 4. The van der Waals surface area contributed by atoms with Gasteiger partial charge in [0, 0.05) is 77.2 Å². The molecular formula is C77H57F9N8O11S2. The van der Waals surface area contributed by atoms with E-state index in [-0.39, 0.29) is 39.3 Å². The first-order valence-corrected chi connectivity index (χ1v) is 34.8. The second kappa shape index (κ2) is 31.8. The van der Waals surface area contributed by atoms with Crippen molar-refractivity contribution in [1.82, 2.24) is 30.6 Å². The molecule has 2 atom stereocenters. The number of nitrogens with one attached hydrogen (secondary N) is 4. The summed E-state index contributed by atoms with van der Waals surface area (Å²) in [5.41, 5.74) is 2.03. The number of carbonyl (C=O) groups excluding carboxylic acids is 4. The van der Waals surface area contributed by atoms with Gasteiger partial charge >= 0.3 is 18.1 Å². The number of aromatic nitrogens is 4. The minimum absolute atomic E-state index is 0.123. The lowest BCUT2D eigenvalue weighted by Crippen LogP contribution is -2.43. The first-order chi connectivity index (χ1) is 51.0. The van der Waals surface area contributed by atoms with E-state index in [0.717, 1.165) is 43.0 Å². The van der Waals surface area contributed by atoms with E-state index in [2.05, 4.69) is 35.3 Å². The van der Waals surface area contributed by atoms with Gasteiger partial charge in [-0.2, -0.15) is 22.0 Å². The van der Waals surface area contributed by atoms with Crippen molar-refractivity contribution in [2.75, 3.05) is 30.8 Å². The zero-order valence-electron chi connectivity index (χ0n) is 56.3. The summed E-state index contributed by atoms with van der Waals surface area (Å²) in [6.07, 6.45) is 0.398. The number of alkyl halides is 3. The van der Waals surface area contributed by atoms with Crippen LogP contribution in [0.5, 0.6) is 5.75 Å². The highest BCUT2D eigenvalue weighted by Crippen LogP contribution is 2.41. The van der Waals surface area contributed by atoms with Crippen LogP contribution >= 0.6 is 0 Å². The van der Waals surface area contributed by atoms with Crippen LogP contribution in [0.15, 0.2) is 223 Å². The van der Waals surface area contributed by atoms with Gasteiger partial charge in [0.2, 0.25) is 11.9 Å². The average Bonchev–Trinajstić information content (AvgIpc) is 0.777. The number of carbonyl (C=O) groups is 4. The Morgan fingerprint density at radius 2 is 0.879 bits per heavy atom. The van der Waals surface area contributed by atoms with Crippen LogP contribution in [-0.2, 0) is 58.1 Å². The maximum absolute atomic E-state index is 15.4. The molecular weight excluding hydrogens is 1450 g/mol. The molecule has 0 saturated carbocycles. The minimum Gasteiger partial charge on any atom is -0.496 e. The zero-order chi connectivity index (χ0) is 76.6. The van der Waals surface area contributed by atoms with E-state index < -0.39 is 125 Å². The number of benzene rings is 8. The maximum Gasteiger partial charge on any atom is 0.417 e. The van der Waals surface area contributed by atoms with Crippen molar-refractivity contribution in [1.29, 1.82) is 0 Å². The normalized spacial score (nSPS) is 12.1. The van der Waals surface area contributed by atoms with Crippen LogP contribution < -0.4 is 24.8 Å². The van der Waals surface area contributed by atoms with Crippen molar-refractivity contribution in [3.05, 3.63) is 281 Å². The first kappa shape index (κ1) is 75.6. The second-order valence-corrected chi connectivity index (χ2v) is 27.0. The smallest absolute Gasteiger partial charge is 0.417 e. The van der Waals surface area contributed by atoms with Crippen LogP contribution in [0, 0.1) is 42.1 Å². The van der Waals surface area contributed by atoms with Crippen molar-refractivity contribution in [2.24, 2.45) is 0 Å². The van der Waals surface area contributed by atoms with Gasteiger partial charge in [-0.3, -0.25) is 29.0 Å². The van der Waals surface area contributed by atoms with E-state index in [1.807, 2.05) is 35.9 Å². The molecule has 4 heterocycles. The van der Waals surface area contributed by atoms with Crippen LogP contribution in [0.3, 0.4) is 0 Å². The summed E-state index contributed by atoms with van der Waals surface area (Å²) >= 11 is 0. The Labute approximate surface area is 604 Å². The lowest BCUT2D eigenvalue weighted by molar-refractivity contribution is -0.143. The fourth-order valence-corrected chi connectivity index (χ4v) is 14.0. The first-order valence-electron chi connectivity index (χ1n) is 31.8. The number of fused-ring (bicyclic) bond motifs is 2. The Morgan fingerprint density at radius 3 is 1.30 bits per heavy atom. The van der Waals surface area contributed by atoms with E-state index in [4.69, 9.17) is 14.2 Å². The predicted molar refractivity (Wildman–Crippen MR) is 378 cm³/mol. The maximum atomic E-state index is 15.4. The number of rotatable bonds is 21. The van der Waals surface area contributed by atoms with E-state index in [0.29, 0.717) is 79.7 Å². The number of methoxy groups -OCH3 is 3. The third-order valence-corrected chi connectivity index (χ3v) is 19.7. The molecule has 0 radical (unpaired) electrons. The fourth-order valence-electron chi connectivity index (χ4n) is 11.9. The van der Waals surface area contributed by atoms with Gasteiger partial charge in [-0.1, -0.05) is 91.0 Å². The Balaban J connectivity index is 0.000000213. The van der Waals surface area contributed by atoms with Crippen LogP contribution in [-0.4, -0.2) is 93.9 Å². The summed E-state index contributed by atoms with van der Waals surface area (Å²) in [5.74, 6) is -11.0. The number of hydrogen-bond acceptors (Lipinski definition) is 15. The molecule has 4 aromatic heterocycles. The van der Waals surface area contributed by atoms with Crippen LogP contribution in [0.25, 0.3) is 66.3 Å². The largest absolute Gasteiger partial charge is 0.496 e. The Morgan fingerprint density at radius 1 is 0.449 bits per heavy atom. The summed E-state index contributed by atoms with van der Waals surface area (Å²) in [6, 6.07) is 39.1. The predicted octanol–water partition coefficient (Wildman–Crippen LogP) is 14.7. The molecule has 30 heteroatoms. The van der Waals surface area contributed by atoms with Crippen molar-refractivity contribution in [3.8, 4) is 50.3 Å². The number of amides is 2. The molecule has 0 aliphatic rings. The fraction of sp³-hybridized carbons (Fsp3) is 0.117. The summed E-state index contributed by atoms with van der Waals surface area (Å²) < 4.78 is 202. The van der Waals surface area contributed by atoms with E-state index in [1.165, 1.54) is 116 Å². The number of aryl methyl sites for hydroxylation is 1. The van der Waals surface area contributed by atoms with Crippen LogP contribution in [0.4, 0.5) is 50.9 Å². The van der Waals surface area contributed by atoms with E-state index in [9.17, 15) is 58.0 Å². The average molecular weight is 1510 g/mol. The molecule has 0 bridgehead atoms. The van der Waals surface area contributed by atoms with E-state index >= 15 is 17.6 Å². The number of esters is 2. The molecule has 0 unspecified atom stereocenters. The summed E-state index contributed by atoms with van der Waals surface area (Å²) in [4.78, 5) is 67.6. The van der Waals surface area contributed by atoms with E-state index in [1.54, 1.807) is 43.6 Å². The lowest BCUT2D eigenvalue weighted by Gasteiger charge is -2.20. The van der Waals surface area contributed by atoms with Gasteiger partial charge in [-0.15, -0.1) is 0 Å². The lowest BCUT2D eigenvalue weighted by atomic mass is 9.92. The molecule has 0 aliphatic heterocycles. The third-order valence-electron chi connectivity index (χ3n) is 16.9. The standard InChI is InChI=1S/C39H31F3N4O6S.C38H26F6N4O5S/c1-22-6-4-8-33(51-2)35(22)29-14-11-25(28-7-5-16-44-37(28)29)18-32(39(48)52-3)45-38(47)36-30(40)20-26(21-31(36)41)46-53(49,50)27-12-9-23(10-13-27)24-15-17-43-34(42)19-24;1-53-37(50)32(17-23-10-13-28(35-26(23)6-4-15-46-35)27-5-2-3-7-29(27)38(42,43)44)47-36(49)34-30(39)19-24(20-31(34)40)48-54(51,52)25-11-8-21(9-12-25)22-14-16-45-33(41)18-22/h4-17,19-21,32,46H,18H2,1-3H3,(H,45,47);2-16,18-20,32,48H,17H2,1H3,(H,47,49)/t2*32-/m00/s1. The highest BCUT2D eigenvalue weighted by molar-refractivity contribution is 7.93. The van der Waals surface area contributed by atoms with Crippen molar-refractivity contribution in [3.63, 3.8) is 0 Å². The van der Waals surface area contributed by atoms with Gasteiger partial charge in [0.15, 0.2) is 0 Å². The molecule has 12 aromatic rings. The topological polar surface area (TPSA) is 264 Å². The summed E-state index contributed by atoms with van der Waals surface area (Å²) in [6.45, 7) is 1.94. The number of halogens is 9. The minimum atomic E-state index is -4.67. The zero-order valence-corrected chi connectivity index (χ0v) is 57.9. The monoisotopic (exact) mass is 1500 g/mol. The van der Waals surface area contributed by atoms with Crippen LogP contribution in [0.1, 0.15) is 43.0 Å². The number of anilines is 2. The number of nitrogens with zero attached hydrogens (tertiary/aromatic N) is 4. The van der Waals surface area contributed by atoms with Gasteiger partial charge in [0.1, 0.15) is 52.2 Å².